The van der Waals surface area contributed by atoms with Crippen LogP contribution < -0.4 is 14.8 Å². The van der Waals surface area contributed by atoms with Crippen molar-refractivity contribution in [1.82, 2.24) is 10.3 Å². The maximum Gasteiger partial charge on any atom is 0.407 e. The average Bonchev–Trinajstić information content (AvgIpc) is 3.36. The molecule has 1 atom stereocenters. The van der Waals surface area contributed by atoms with E-state index in [1.807, 2.05) is 72.8 Å². The standard InChI is InChI=1S/C35H30N2O6/c1-41-31-16-15-22(18-24(31)20-42-32-14-6-8-23-9-7-17-36-33(23)32)19-30(34(38)39)37-35(40)43-21-29-27-12-4-2-10-25(27)26-11-3-5-13-28(26)29/h2-18,29-30H,19-21H2,1H3,(H,37,40)(H,38,39). The predicted octanol–water partition coefficient (Wildman–Crippen LogP) is 6.36. The Kier molecular flexibility index (Phi) is 7.91. The van der Waals surface area contributed by atoms with Gasteiger partial charge in [0, 0.05) is 29.5 Å². The number of nitrogens with one attached hydrogen (secondary N) is 1. The third-order valence-electron chi connectivity index (χ3n) is 7.70. The number of hydrogen-bond acceptors (Lipinski definition) is 6. The normalized spacial score (nSPS) is 12.7. The Bertz CT molecular complexity index is 1750. The van der Waals surface area contributed by atoms with Crippen molar-refractivity contribution in [3.63, 3.8) is 0 Å². The van der Waals surface area contributed by atoms with E-state index in [-0.39, 0.29) is 25.6 Å². The number of fused-ring (bicyclic) bond motifs is 4. The molecule has 1 amide bonds. The Morgan fingerprint density at radius 3 is 2.33 bits per heavy atom. The van der Waals surface area contributed by atoms with E-state index in [1.165, 1.54) is 0 Å². The van der Waals surface area contributed by atoms with Crippen LogP contribution in [0.1, 0.15) is 28.2 Å². The topological polar surface area (TPSA) is 107 Å². The van der Waals surface area contributed by atoms with Gasteiger partial charge in [0.25, 0.3) is 0 Å². The molecule has 6 rings (SSSR count). The van der Waals surface area contributed by atoms with Crippen LogP contribution in [0.3, 0.4) is 0 Å². The number of hydrogen-bond donors (Lipinski definition) is 2. The van der Waals surface area contributed by atoms with Crippen molar-refractivity contribution in [2.45, 2.75) is 25.0 Å². The first-order valence-corrected chi connectivity index (χ1v) is 14.0. The Morgan fingerprint density at radius 1 is 0.884 bits per heavy atom. The Morgan fingerprint density at radius 2 is 1.60 bits per heavy atom. The molecule has 8 nitrogen and oxygen atoms in total. The maximum atomic E-state index is 12.8. The number of amides is 1. The number of carbonyl (C=O) groups excluding carboxylic acids is 1. The molecule has 0 saturated carbocycles. The van der Waals surface area contributed by atoms with E-state index in [4.69, 9.17) is 14.2 Å². The van der Waals surface area contributed by atoms with Crippen LogP contribution in [0.2, 0.25) is 0 Å². The lowest BCUT2D eigenvalue weighted by Crippen LogP contribution is -2.42. The number of ether oxygens (including phenoxy) is 3. The molecule has 1 unspecified atom stereocenters. The second-order valence-corrected chi connectivity index (χ2v) is 10.3. The second kappa shape index (κ2) is 12.2. The number of carbonyl (C=O) groups is 2. The molecule has 0 aliphatic heterocycles. The first-order chi connectivity index (χ1) is 21.0. The fraction of sp³-hybridized carbons (Fsp3) is 0.171. The molecule has 0 bridgehead atoms. The third kappa shape index (κ3) is 5.85. The number of benzene rings is 4. The van der Waals surface area contributed by atoms with E-state index >= 15 is 0 Å². The van der Waals surface area contributed by atoms with E-state index in [2.05, 4.69) is 22.4 Å². The minimum Gasteiger partial charge on any atom is -0.496 e. The number of carboxylic acids is 1. The quantitative estimate of drug-likeness (QED) is 0.200. The van der Waals surface area contributed by atoms with Crippen molar-refractivity contribution in [3.05, 3.63) is 126 Å². The van der Waals surface area contributed by atoms with Crippen LogP contribution in [-0.2, 0) is 22.6 Å². The number of para-hydroxylation sites is 1. The first kappa shape index (κ1) is 27.8. The van der Waals surface area contributed by atoms with Crippen LogP contribution in [0.4, 0.5) is 4.79 Å². The lowest BCUT2D eigenvalue weighted by Gasteiger charge is -2.18. The van der Waals surface area contributed by atoms with Crippen LogP contribution in [-0.4, -0.2) is 41.9 Å². The van der Waals surface area contributed by atoms with Crippen molar-refractivity contribution in [2.24, 2.45) is 0 Å². The molecule has 2 N–H and O–H groups in total. The zero-order valence-corrected chi connectivity index (χ0v) is 23.5. The molecule has 4 aromatic carbocycles. The number of rotatable bonds is 10. The molecule has 1 aromatic heterocycles. The summed E-state index contributed by atoms with van der Waals surface area (Å²) >= 11 is 0. The Balaban J connectivity index is 1.12. The van der Waals surface area contributed by atoms with Crippen molar-refractivity contribution in [2.75, 3.05) is 13.7 Å². The van der Waals surface area contributed by atoms with Gasteiger partial charge < -0.3 is 24.6 Å². The molecule has 43 heavy (non-hydrogen) atoms. The van der Waals surface area contributed by atoms with Crippen LogP contribution in [0.25, 0.3) is 22.0 Å². The summed E-state index contributed by atoms with van der Waals surface area (Å²) in [5.41, 5.74) is 6.58. The summed E-state index contributed by atoms with van der Waals surface area (Å²) in [6, 6.07) is 29.8. The predicted molar refractivity (Wildman–Crippen MR) is 162 cm³/mol. The smallest absolute Gasteiger partial charge is 0.407 e. The van der Waals surface area contributed by atoms with Gasteiger partial charge >= 0.3 is 12.1 Å². The maximum absolute atomic E-state index is 12.8. The fourth-order valence-corrected chi connectivity index (χ4v) is 5.64. The van der Waals surface area contributed by atoms with Crippen LogP contribution >= 0.6 is 0 Å². The van der Waals surface area contributed by atoms with Gasteiger partial charge in [-0.1, -0.05) is 72.8 Å². The van der Waals surface area contributed by atoms with Crippen LogP contribution in [0, 0.1) is 0 Å². The number of methoxy groups -OCH3 is 1. The molecule has 216 valence electrons. The van der Waals surface area contributed by atoms with E-state index in [9.17, 15) is 14.7 Å². The van der Waals surface area contributed by atoms with Crippen molar-refractivity contribution in [3.8, 4) is 22.6 Å². The lowest BCUT2D eigenvalue weighted by molar-refractivity contribution is -0.139. The number of aromatic nitrogens is 1. The number of alkyl carbamates (subject to hydrolysis) is 1. The highest BCUT2D eigenvalue weighted by molar-refractivity contribution is 5.84. The molecule has 0 spiro atoms. The summed E-state index contributed by atoms with van der Waals surface area (Å²) in [4.78, 5) is 29.4. The van der Waals surface area contributed by atoms with Crippen LogP contribution in [0.5, 0.6) is 11.5 Å². The van der Waals surface area contributed by atoms with Gasteiger partial charge in [0.15, 0.2) is 0 Å². The van der Waals surface area contributed by atoms with Gasteiger partial charge in [-0.15, -0.1) is 0 Å². The van der Waals surface area contributed by atoms with Gasteiger partial charge in [-0.2, -0.15) is 0 Å². The van der Waals surface area contributed by atoms with E-state index in [0.29, 0.717) is 17.1 Å². The molecular weight excluding hydrogens is 544 g/mol. The molecule has 0 fully saturated rings. The summed E-state index contributed by atoms with van der Waals surface area (Å²) in [5.74, 6) is -0.0503. The van der Waals surface area contributed by atoms with Gasteiger partial charge in [0.05, 0.1) is 7.11 Å². The van der Waals surface area contributed by atoms with Gasteiger partial charge in [0.1, 0.15) is 36.3 Å². The highest BCUT2D eigenvalue weighted by Gasteiger charge is 2.30. The molecule has 1 aliphatic carbocycles. The van der Waals surface area contributed by atoms with Gasteiger partial charge in [-0.05, 0) is 52.1 Å². The number of aliphatic carboxylic acids is 1. The number of carboxylic acid groups (broad SMARTS) is 1. The van der Waals surface area contributed by atoms with Crippen molar-refractivity contribution < 1.29 is 28.9 Å². The zero-order valence-electron chi connectivity index (χ0n) is 23.5. The average molecular weight is 575 g/mol. The molecule has 8 heteroatoms. The molecule has 1 aliphatic rings. The highest BCUT2D eigenvalue weighted by Crippen LogP contribution is 2.44. The Labute approximate surface area is 248 Å². The molecule has 0 radical (unpaired) electrons. The molecule has 5 aromatic rings. The summed E-state index contributed by atoms with van der Waals surface area (Å²) in [7, 11) is 1.57. The van der Waals surface area contributed by atoms with Crippen molar-refractivity contribution >= 4 is 23.0 Å². The summed E-state index contributed by atoms with van der Waals surface area (Å²) in [6.45, 7) is 0.281. The number of nitrogens with zero attached hydrogens (tertiary/aromatic N) is 1. The van der Waals surface area contributed by atoms with Crippen LogP contribution in [0.15, 0.2) is 103 Å². The Hall–Kier alpha value is -5.37. The summed E-state index contributed by atoms with van der Waals surface area (Å²) in [6.07, 6.45) is 0.980. The second-order valence-electron chi connectivity index (χ2n) is 10.3. The van der Waals surface area contributed by atoms with Gasteiger partial charge in [-0.25, -0.2) is 9.59 Å². The number of pyridine rings is 1. The largest absolute Gasteiger partial charge is 0.496 e. The monoisotopic (exact) mass is 574 g/mol. The first-order valence-electron chi connectivity index (χ1n) is 14.0. The third-order valence-corrected chi connectivity index (χ3v) is 7.70. The van der Waals surface area contributed by atoms with Gasteiger partial charge in [-0.3, -0.25) is 4.98 Å². The van der Waals surface area contributed by atoms with E-state index < -0.39 is 18.1 Å². The lowest BCUT2D eigenvalue weighted by atomic mass is 9.98. The minimum atomic E-state index is -1.19. The summed E-state index contributed by atoms with van der Waals surface area (Å²) in [5, 5.41) is 13.4. The minimum absolute atomic E-state index is 0.0480. The van der Waals surface area contributed by atoms with E-state index in [1.54, 1.807) is 25.4 Å². The van der Waals surface area contributed by atoms with Gasteiger partial charge in [0.2, 0.25) is 0 Å². The SMILES string of the molecule is COc1ccc(CC(NC(=O)OCC2c3ccccc3-c3ccccc32)C(=O)O)cc1COc1cccc2cccnc12. The summed E-state index contributed by atoms with van der Waals surface area (Å²) < 4.78 is 17.2. The highest BCUT2D eigenvalue weighted by atomic mass is 16.5. The molecule has 0 saturated heterocycles. The molecule has 1 heterocycles. The van der Waals surface area contributed by atoms with E-state index in [0.717, 1.165) is 38.7 Å². The molecular formula is C35H30N2O6. The zero-order chi connectivity index (χ0) is 29.8. The fourth-order valence-electron chi connectivity index (χ4n) is 5.64. The van der Waals surface area contributed by atoms with Crippen molar-refractivity contribution in [1.29, 1.82) is 0 Å².